The quantitative estimate of drug-likeness (QED) is 0.613. The smallest absolute Gasteiger partial charge is 0.127 e. The maximum atomic E-state index is 13.0. The molecule has 0 fully saturated rings. The van der Waals surface area contributed by atoms with E-state index in [1.165, 1.54) is 12.1 Å². The van der Waals surface area contributed by atoms with Gasteiger partial charge in [0.2, 0.25) is 0 Å². The summed E-state index contributed by atoms with van der Waals surface area (Å²) in [7, 11) is 0. The van der Waals surface area contributed by atoms with Crippen molar-refractivity contribution in [2.75, 3.05) is 0 Å². The second-order valence-corrected chi connectivity index (χ2v) is 4.02. The standard InChI is InChI=1S/C15H8F2N2/c16-11-7-10(8-12(17)9-11)5-6-15-13-3-1-2-4-14(13)18-19-15/h1-4,7-9H,(H,18,19). The summed E-state index contributed by atoms with van der Waals surface area (Å²) >= 11 is 0. The first-order chi connectivity index (χ1) is 9.22. The van der Waals surface area contributed by atoms with Crippen LogP contribution in [0.1, 0.15) is 11.3 Å². The number of halogens is 2. The Morgan fingerprint density at radius 2 is 1.68 bits per heavy atom. The lowest BCUT2D eigenvalue weighted by atomic mass is 10.2. The van der Waals surface area contributed by atoms with Crippen LogP contribution in [0.15, 0.2) is 42.5 Å². The Hall–Kier alpha value is -2.67. The fourth-order valence-corrected chi connectivity index (χ4v) is 1.81. The Morgan fingerprint density at radius 1 is 0.947 bits per heavy atom. The Bertz CT molecular complexity index is 789. The number of hydrogen-bond donors (Lipinski definition) is 1. The highest BCUT2D eigenvalue weighted by molar-refractivity contribution is 5.83. The van der Waals surface area contributed by atoms with Crippen molar-refractivity contribution in [2.45, 2.75) is 0 Å². The van der Waals surface area contributed by atoms with Crippen molar-refractivity contribution in [3.8, 4) is 11.8 Å². The van der Waals surface area contributed by atoms with Gasteiger partial charge in [-0.3, -0.25) is 5.10 Å². The van der Waals surface area contributed by atoms with Crippen LogP contribution in [0.2, 0.25) is 0 Å². The van der Waals surface area contributed by atoms with E-state index in [9.17, 15) is 8.78 Å². The molecule has 92 valence electrons. The highest BCUT2D eigenvalue weighted by Crippen LogP contribution is 2.14. The zero-order chi connectivity index (χ0) is 13.2. The van der Waals surface area contributed by atoms with Crippen LogP contribution in [0.4, 0.5) is 8.78 Å². The maximum absolute atomic E-state index is 13.0. The molecule has 0 radical (unpaired) electrons. The summed E-state index contributed by atoms with van der Waals surface area (Å²) in [5.41, 5.74) is 1.72. The molecule has 0 aliphatic heterocycles. The number of nitrogens with one attached hydrogen (secondary N) is 1. The van der Waals surface area contributed by atoms with Crippen LogP contribution in [0.25, 0.3) is 10.9 Å². The Balaban J connectivity index is 2.04. The van der Waals surface area contributed by atoms with Crippen LogP contribution < -0.4 is 0 Å². The van der Waals surface area contributed by atoms with Crippen molar-refractivity contribution in [3.63, 3.8) is 0 Å². The van der Waals surface area contributed by atoms with Crippen LogP contribution in [-0.2, 0) is 0 Å². The van der Waals surface area contributed by atoms with Crippen molar-refractivity contribution in [2.24, 2.45) is 0 Å². The Morgan fingerprint density at radius 3 is 2.47 bits per heavy atom. The van der Waals surface area contributed by atoms with E-state index in [1.807, 2.05) is 24.3 Å². The van der Waals surface area contributed by atoms with Crippen LogP contribution >= 0.6 is 0 Å². The summed E-state index contributed by atoms with van der Waals surface area (Å²) < 4.78 is 26.0. The van der Waals surface area contributed by atoms with Crippen molar-refractivity contribution < 1.29 is 8.78 Å². The molecule has 0 bridgehead atoms. The van der Waals surface area contributed by atoms with Gasteiger partial charge >= 0.3 is 0 Å². The molecule has 2 nitrogen and oxygen atoms in total. The van der Waals surface area contributed by atoms with Gasteiger partial charge in [0.05, 0.1) is 5.52 Å². The molecule has 0 saturated heterocycles. The first-order valence-corrected chi connectivity index (χ1v) is 5.63. The lowest BCUT2D eigenvalue weighted by molar-refractivity contribution is 0.582. The minimum absolute atomic E-state index is 0.288. The average molecular weight is 254 g/mol. The van der Waals surface area contributed by atoms with Gasteiger partial charge in [0, 0.05) is 17.0 Å². The highest BCUT2D eigenvalue weighted by atomic mass is 19.1. The molecule has 0 spiro atoms. The third kappa shape index (κ3) is 2.31. The fraction of sp³-hybridized carbons (Fsp3) is 0. The second-order valence-electron chi connectivity index (χ2n) is 4.02. The van der Waals surface area contributed by atoms with Gasteiger partial charge in [-0.15, -0.1) is 0 Å². The van der Waals surface area contributed by atoms with E-state index in [-0.39, 0.29) is 5.56 Å². The molecule has 19 heavy (non-hydrogen) atoms. The maximum Gasteiger partial charge on any atom is 0.127 e. The van der Waals surface area contributed by atoms with Crippen molar-refractivity contribution >= 4 is 10.9 Å². The number of nitrogens with zero attached hydrogens (tertiary/aromatic N) is 1. The Kier molecular flexibility index (Phi) is 2.73. The molecule has 0 atom stereocenters. The van der Waals surface area contributed by atoms with Gasteiger partial charge in [-0.25, -0.2) is 8.78 Å². The van der Waals surface area contributed by atoms with Crippen molar-refractivity contribution in [1.29, 1.82) is 0 Å². The van der Waals surface area contributed by atoms with Crippen LogP contribution in [0.3, 0.4) is 0 Å². The summed E-state index contributed by atoms with van der Waals surface area (Å²) in [5.74, 6) is 4.28. The predicted molar refractivity (Wildman–Crippen MR) is 68.4 cm³/mol. The number of rotatable bonds is 0. The van der Waals surface area contributed by atoms with Gasteiger partial charge in [-0.1, -0.05) is 18.1 Å². The first-order valence-electron chi connectivity index (χ1n) is 5.63. The largest absolute Gasteiger partial charge is 0.269 e. The average Bonchev–Trinajstić information content (AvgIpc) is 2.78. The summed E-state index contributed by atoms with van der Waals surface area (Å²) in [5, 5.41) is 7.77. The number of hydrogen-bond acceptors (Lipinski definition) is 1. The van der Waals surface area contributed by atoms with E-state index in [4.69, 9.17) is 0 Å². The van der Waals surface area contributed by atoms with E-state index in [2.05, 4.69) is 22.0 Å². The van der Waals surface area contributed by atoms with E-state index in [0.717, 1.165) is 17.0 Å². The number of aromatic nitrogens is 2. The monoisotopic (exact) mass is 254 g/mol. The predicted octanol–water partition coefficient (Wildman–Crippen LogP) is 3.24. The van der Waals surface area contributed by atoms with Crippen molar-refractivity contribution in [3.05, 3.63) is 65.4 Å². The molecule has 0 saturated carbocycles. The van der Waals surface area contributed by atoms with E-state index < -0.39 is 11.6 Å². The van der Waals surface area contributed by atoms with Gasteiger partial charge in [0.15, 0.2) is 0 Å². The van der Waals surface area contributed by atoms with Crippen molar-refractivity contribution in [1.82, 2.24) is 10.2 Å². The van der Waals surface area contributed by atoms with E-state index >= 15 is 0 Å². The van der Waals surface area contributed by atoms with Gasteiger partial charge in [-0.05, 0) is 30.2 Å². The molecule has 1 N–H and O–H groups in total. The molecule has 1 heterocycles. The molecule has 0 unspecified atom stereocenters. The molecule has 1 aromatic heterocycles. The molecule has 0 amide bonds. The number of H-pyrrole nitrogens is 1. The summed E-state index contributed by atoms with van der Waals surface area (Å²) in [4.78, 5) is 0. The van der Waals surface area contributed by atoms with Gasteiger partial charge in [-0.2, -0.15) is 5.10 Å². The molecule has 3 rings (SSSR count). The van der Waals surface area contributed by atoms with Crippen LogP contribution in [0, 0.1) is 23.5 Å². The molecule has 0 aliphatic carbocycles. The lowest BCUT2D eigenvalue weighted by Crippen LogP contribution is -1.83. The second kappa shape index (κ2) is 4.54. The molecule has 2 aromatic carbocycles. The van der Waals surface area contributed by atoms with Crippen LogP contribution in [0.5, 0.6) is 0 Å². The minimum atomic E-state index is -0.640. The Labute approximate surface area is 108 Å². The summed E-state index contributed by atoms with van der Waals surface area (Å²) in [6.45, 7) is 0. The zero-order valence-electron chi connectivity index (χ0n) is 9.74. The number of aromatic amines is 1. The van der Waals surface area contributed by atoms with Crippen LogP contribution in [-0.4, -0.2) is 10.2 Å². The summed E-state index contributed by atoms with van der Waals surface area (Å²) in [6.07, 6.45) is 0. The van der Waals surface area contributed by atoms with Gasteiger partial charge < -0.3 is 0 Å². The molecule has 0 aliphatic rings. The molecule has 3 aromatic rings. The van der Waals surface area contributed by atoms with Gasteiger partial charge in [0.25, 0.3) is 0 Å². The fourth-order valence-electron chi connectivity index (χ4n) is 1.81. The summed E-state index contributed by atoms with van der Waals surface area (Å²) in [6, 6.07) is 10.7. The molecular weight excluding hydrogens is 246 g/mol. The first kappa shape index (κ1) is 11.4. The molecule has 4 heteroatoms. The SMILES string of the molecule is Fc1cc(F)cc(C#Cc2[nH]nc3ccccc23)c1. The van der Waals surface area contributed by atoms with Gasteiger partial charge in [0.1, 0.15) is 17.3 Å². The number of benzene rings is 2. The lowest BCUT2D eigenvalue weighted by Gasteiger charge is -1.92. The number of fused-ring (bicyclic) bond motifs is 1. The number of para-hydroxylation sites is 1. The van der Waals surface area contributed by atoms with E-state index in [1.54, 1.807) is 0 Å². The third-order valence-corrected chi connectivity index (χ3v) is 2.66. The normalized spacial score (nSPS) is 10.2. The highest BCUT2D eigenvalue weighted by Gasteiger charge is 2.01. The minimum Gasteiger partial charge on any atom is -0.269 e. The zero-order valence-corrected chi connectivity index (χ0v) is 9.74. The van der Waals surface area contributed by atoms with E-state index in [0.29, 0.717) is 5.69 Å². The third-order valence-electron chi connectivity index (χ3n) is 2.66. The molecular formula is C15H8F2N2. The topological polar surface area (TPSA) is 28.7 Å².